The van der Waals surface area contributed by atoms with Gasteiger partial charge in [-0.15, -0.1) is 11.8 Å². The molecule has 5 heteroatoms. The molecule has 1 unspecified atom stereocenters. The van der Waals surface area contributed by atoms with E-state index in [1.807, 2.05) is 47.4 Å². The lowest BCUT2D eigenvalue weighted by Gasteiger charge is -2.25. The second-order valence-electron chi connectivity index (χ2n) is 6.49. The van der Waals surface area contributed by atoms with Crippen LogP contribution in [-0.2, 0) is 4.79 Å². The molecule has 1 atom stereocenters. The van der Waals surface area contributed by atoms with Crippen LogP contribution in [0.3, 0.4) is 0 Å². The van der Waals surface area contributed by atoms with E-state index < -0.39 is 0 Å². The predicted octanol–water partition coefficient (Wildman–Crippen LogP) is 5.82. The molecule has 2 heterocycles. The van der Waals surface area contributed by atoms with Crippen molar-refractivity contribution in [3.63, 3.8) is 0 Å². The van der Waals surface area contributed by atoms with Gasteiger partial charge < -0.3 is 0 Å². The van der Waals surface area contributed by atoms with E-state index in [-0.39, 0.29) is 11.3 Å². The fourth-order valence-electron chi connectivity index (χ4n) is 3.60. The summed E-state index contributed by atoms with van der Waals surface area (Å²) in [6.45, 7) is 0. The molecule has 1 saturated heterocycles. The molecule has 0 N–H and O–H groups in total. The summed E-state index contributed by atoms with van der Waals surface area (Å²) in [7, 11) is 0. The summed E-state index contributed by atoms with van der Waals surface area (Å²) in [5.74, 6) is 0.525. The van der Waals surface area contributed by atoms with Gasteiger partial charge in [-0.25, -0.2) is 4.98 Å². The maximum absolute atomic E-state index is 12.5. The molecule has 132 valence electrons. The fraction of sp³-hybridized carbons (Fsp3) is 0.0909. The minimum atomic E-state index is -0.171. The number of hydrogen-bond acceptors (Lipinski definition) is 3. The van der Waals surface area contributed by atoms with Crippen LogP contribution in [0.1, 0.15) is 10.9 Å². The molecule has 27 heavy (non-hydrogen) atoms. The number of rotatable bonds is 2. The number of amides is 1. The largest absolute Gasteiger partial charge is 0.295 e. The van der Waals surface area contributed by atoms with Crippen LogP contribution >= 0.6 is 23.4 Å². The van der Waals surface area contributed by atoms with E-state index in [9.17, 15) is 4.79 Å². The van der Waals surface area contributed by atoms with Gasteiger partial charge in [-0.05, 0) is 23.6 Å². The maximum atomic E-state index is 12.5. The van der Waals surface area contributed by atoms with Crippen molar-refractivity contribution in [3.8, 4) is 0 Å². The number of anilines is 1. The van der Waals surface area contributed by atoms with E-state index in [0.717, 1.165) is 32.9 Å². The minimum Gasteiger partial charge on any atom is -0.295 e. The smallest absolute Gasteiger partial charge is 0.238 e. The molecule has 0 aliphatic carbocycles. The second kappa shape index (κ2) is 6.55. The number of halogens is 1. The number of nitrogens with zero attached hydrogens (tertiary/aromatic N) is 2. The van der Waals surface area contributed by atoms with Crippen molar-refractivity contribution < 1.29 is 4.79 Å². The molecule has 1 aliphatic rings. The van der Waals surface area contributed by atoms with Crippen LogP contribution in [0.15, 0.2) is 72.8 Å². The predicted molar refractivity (Wildman–Crippen MR) is 113 cm³/mol. The van der Waals surface area contributed by atoms with Gasteiger partial charge in [0, 0.05) is 22.0 Å². The minimum absolute atomic E-state index is 0.0888. The molecule has 3 aromatic carbocycles. The lowest BCUT2D eigenvalue weighted by Crippen LogP contribution is -2.28. The molecule has 5 rings (SSSR count). The van der Waals surface area contributed by atoms with Crippen LogP contribution in [0.2, 0.25) is 5.15 Å². The topological polar surface area (TPSA) is 33.2 Å². The lowest BCUT2D eigenvalue weighted by atomic mass is 10.0. The Morgan fingerprint density at radius 1 is 0.963 bits per heavy atom. The van der Waals surface area contributed by atoms with Gasteiger partial charge in [0.05, 0.1) is 11.3 Å². The van der Waals surface area contributed by atoms with Crippen molar-refractivity contribution in [2.75, 3.05) is 10.7 Å². The molecule has 1 amide bonds. The highest BCUT2D eigenvalue weighted by atomic mass is 35.5. The SMILES string of the molecule is O=C1CSC(c2cc3ccc4ccccc4c3nc2Cl)N1c1ccccc1. The van der Waals surface area contributed by atoms with Crippen molar-refractivity contribution in [2.45, 2.75) is 5.37 Å². The molecule has 0 bridgehead atoms. The summed E-state index contributed by atoms with van der Waals surface area (Å²) in [5, 5.41) is 3.53. The van der Waals surface area contributed by atoms with Gasteiger partial charge in [0.25, 0.3) is 0 Å². The first kappa shape index (κ1) is 16.6. The number of para-hydroxylation sites is 1. The van der Waals surface area contributed by atoms with E-state index in [0.29, 0.717) is 10.9 Å². The van der Waals surface area contributed by atoms with Gasteiger partial charge in [-0.2, -0.15) is 0 Å². The zero-order chi connectivity index (χ0) is 18.4. The molecule has 1 aromatic heterocycles. The van der Waals surface area contributed by atoms with Crippen LogP contribution < -0.4 is 4.90 Å². The highest BCUT2D eigenvalue weighted by molar-refractivity contribution is 8.00. The Kier molecular flexibility index (Phi) is 4.03. The van der Waals surface area contributed by atoms with Crippen LogP contribution in [0.25, 0.3) is 21.7 Å². The highest BCUT2D eigenvalue weighted by Gasteiger charge is 2.35. The van der Waals surface area contributed by atoms with Crippen LogP contribution in [0.4, 0.5) is 5.69 Å². The van der Waals surface area contributed by atoms with Crippen molar-refractivity contribution in [3.05, 3.63) is 83.5 Å². The summed E-state index contributed by atoms with van der Waals surface area (Å²) >= 11 is 8.21. The van der Waals surface area contributed by atoms with E-state index in [2.05, 4.69) is 30.3 Å². The molecular weight excluding hydrogens is 376 g/mol. The summed E-state index contributed by atoms with van der Waals surface area (Å²) in [5.41, 5.74) is 2.65. The number of pyridine rings is 1. The monoisotopic (exact) mass is 390 g/mol. The molecule has 4 aromatic rings. The molecule has 1 fully saturated rings. The average Bonchev–Trinajstić information content (AvgIpc) is 3.09. The molecule has 0 radical (unpaired) electrons. The summed E-state index contributed by atoms with van der Waals surface area (Å²) in [4.78, 5) is 19.1. The van der Waals surface area contributed by atoms with Gasteiger partial charge >= 0.3 is 0 Å². The standard InChI is InChI=1S/C22H15ClN2OS/c23-21-18(22-25(19(26)13-27-22)16-7-2-1-3-8-16)12-15-11-10-14-6-4-5-9-17(14)20(15)24-21/h1-12,22H,13H2. The molecular formula is C22H15ClN2OS. The van der Waals surface area contributed by atoms with Crippen molar-refractivity contribution in [2.24, 2.45) is 0 Å². The van der Waals surface area contributed by atoms with E-state index in [1.165, 1.54) is 0 Å². The zero-order valence-corrected chi connectivity index (χ0v) is 15.9. The Hall–Kier alpha value is -2.56. The Morgan fingerprint density at radius 2 is 1.70 bits per heavy atom. The Balaban J connectivity index is 1.67. The third kappa shape index (κ3) is 2.76. The first-order valence-electron chi connectivity index (χ1n) is 8.69. The number of benzene rings is 3. The quantitative estimate of drug-likeness (QED) is 0.319. The number of aromatic nitrogens is 1. The number of carbonyl (C=O) groups excluding carboxylic acids is 1. The summed E-state index contributed by atoms with van der Waals surface area (Å²) in [6, 6.07) is 24.1. The van der Waals surface area contributed by atoms with Crippen LogP contribution in [0, 0.1) is 0 Å². The Bertz CT molecular complexity index is 1180. The molecule has 0 saturated carbocycles. The third-order valence-corrected chi connectivity index (χ3v) is 6.36. The zero-order valence-electron chi connectivity index (χ0n) is 14.3. The second-order valence-corrected chi connectivity index (χ2v) is 7.92. The number of fused-ring (bicyclic) bond motifs is 3. The first-order valence-corrected chi connectivity index (χ1v) is 10.1. The number of thioether (sulfide) groups is 1. The van der Waals surface area contributed by atoms with Crippen LogP contribution in [0.5, 0.6) is 0 Å². The summed E-state index contributed by atoms with van der Waals surface area (Å²) in [6.07, 6.45) is 0. The molecule has 3 nitrogen and oxygen atoms in total. The highest BCUT2D eigenvalue weighted by Crippen LogP contribution is 2.44. The van der Waals surface area contributed by atoms with Gasteiger partial charge in [0.1, 0.15) is 10.5 Å². The van der Waals surface area contributed by atoms with E-state index >= 15 is 0 Å². The van der Waals surface area contributed by atoms with Gasteiger partial charge in [0.15, 0.2) is 0 Å². The number of carbonyl (C=O) groups is 1. The fourth-order valence-corrected chi connectivity index (χ4v) is 5.09. The Labute approximate surface area is 166 Å². The van der Waals surface area contributed by atoms with Crippen LogP contribution in [-0.4, -0.2) is 16.6 Å². The van der Waals surface area contributed by atoms with Crippen molar-refractivity contribution >= 4 is 56.6 Å². The Morgan fingerprint density at radius 3 is 2.56 bits per heavy atom. The maximum Gasteiger partial charge on any atom is 0.238 e. The normalized spacial score (nSPS) is 17.1. The first-order chi connectivity index (χ1) is 13.2. The third-order valence-electron chi connectivity index (χ3n) is 4.86. The van der Waals surface area contributed by atoms with Crippen molar-refractivity contribution in [1.29, 1.82) is 0 Å². The van der Waals surface area contributed by atoms with Crippen molar-refractivity contribution in [1.82, 2.24) is 4.98 Å². The number of hydrogen-bond donors (Lipinski definition) is 0. The summed E-state index contributed by atoms with van der Waals surface area (Å²) < 4.78 is 0. The average molecular weight is 391 g/mol. The van der Waals surface area contributed by atoms with Gasteiger partial charge in [-0.1, -0.05) is 66.2 Å². The van der Waals surface area contributed by atoms with E-state index in [1.54, 1.807) is 11.8 Å². The molecule has 0 spiro atoms. The van der Waals surface area contributed by atoms with Gasteiger partial charge in [-0.3, -0.25) is 9.69 Å². The van der Waals surface area contributed by atoms with E-state index in [4.69, 9.17) is 16.6 Å². The lowest BCUT2D eigenvalue weighted by molar-refractivity contribution is -0.115. The molecule has 1 aliphatic heterocycles. The van der Waals surface area contributed by atoms with Gasteiger partial charge in [0.2, 0.25) is 5.91 Å².